The van der Waals surface area contributed by atoms with Gasteiger partial charge in [0.25, 0.3) is 0 Å². The van der Waals surface area contributed by atoms with Crippen molar-refractivity contribution in [1.29, 1.82) is 0 Å². The Morgan fingerprint density at radius 2 is 1.92 bits per heavy atom. The molecule has 0 aliphatic carbocycles. The van der Waals surface area contributed by atoms with Crippen molar-refractivity contribution in [2.75, 3.05) is 0 Å². The maximum Gasteiger partial charge on any atom is 0.162 e. The topological polar surface area (TPSA) is 17.1 Å². The standard InChI is InChI=1S/C11H12BrO/c1-2-3-4-11(13)9-5-7-10(12)8-6-9/h5-8H,1-4H2. The van der Waals surface area contributed by atoms with Crippen molar-refractivity contribution in [1.82, 2.24) is 0 Å². The summed E-state index contributed by atoms with van der Waals surface area (Å²) in [5, 5.41) is 0. The van der Waals surface area contributed by atoms with Gasteiger partial charge in [0.05, 0.1) is 0 Å². The predicted molar refractivity (Wildman–Crippen MR) is 57.7 cm³/mol. The van der Waals surface area contributed by atoms with Crippen LogP contribution in [0.25, 0.3) is 0 Å². The molecule has 1 radical (unpaired) electrons. The van der Waals surface area contributed by atoms with E-state index >= 15 is 0 Å². The fourth-order valence-corrected chi connectivity index (χ4v) is 1.33. The Hall–Kier alpha value is -0.630. The molecule has 0 spiro atoms. The number of hydrogen-bond donors (Lipinski definition) is 0. The van der Waals surface area contributed by atoms with Crippen LogP contribution in [0.4, 0.5) is 0 Å². The zero-order chi connectivity index (χ0) is 9.68. The number of halogens is 1. The number of carbonyl (C=O) groups excluding carboxylic acids is 1. The van der Waals surface area contributed by atoms with Gasteiger partial charge in [0.15, 0.2) is 5.78 Å². The van der Waals surface area contributed by atoms with Crippen molar-refractivity contribution in [2.45, 2.75) is 19.3 Å². The number of hydrogen-bond acceptors (Lipinski definition) is 1. The van der Waals surface area contributed by atoms with E-state index in [-0.39, 0.29) is 5.78 Å². The Labute approximate surface area is 87.3 Å². The summed E-state index contributed by atoms with van der Waals surface area (Å²) in [6.07, 6.45) is 2.29. The van der Waals surface area contributed by atoms with Gasteiger partial charge in [-0.1, -0.05) is 41.4 Å². The smallest absolute Gasteiger partial charge is 0.162 e. The maximum atomic E-state index is 11.5. The molecule has 1 nitrogen and oxygen atoms in total. The molecule has 2 heteroatoms. The van der Waals surface area contributed by atoms with Gasteiger partial charge in [-0.15, -0.1) is 0 Å². The summed E-state index contributed by atoms with van der Waals surface area (Å²) >= 11 is 3.33. The lowest BCUT2D eigenvalue weighted by Gasteiger charge is -1.99. The number of Topliss-reactive ketones (excluding diaryl/α,β-unsaturated/α-hetero) is 1. The minimum Gasteiger partial charge on any atom is -0.294 e. The Bertz CT molecular complexity index is 277. The zero-order valence-corrected chi connectivity index (χ0v) is 9.01. The van der Waals surface area contributed by atoms with Crippen LogP contribution in [-0.2, 0) is 0 Å². The molecule has 1 aromatic carbocycles. The first-order valence-corrected chi connectivity index (χ1v) is 5.11. The van der Waals surface area contributed by atoms with Gasteiger partial charge < -0.3 is 0 Å². The van der Waals surface area contributed by atoms with E-state index in [0.29, 0.717) is 6.42 Å². The van der Waals surface area contributed by atoms with Gasteiger partial charge in [0.2, 0.25) is 0 Å². The van der Waals surface area contributed by atoms with Crippen LogP contribution in [0.2, 0.25) is 0 Å². The molecule has 0 saturated carbocycles. The number of unbranched alkanes of at least 4 members (excludes halogenated alkanes) is 1. The highest BCUT2D eigenvalue weighted by Crippen LogP contribution is 2.12. The van der Waals surface area contributed by atoms with E-state index in [1.807, 2.05) is 24.3 Å². The molecule has 13 heavy (non-hydrogen) atoms. The molecule has 0 atom stereocenters. The average Bonchev–Trinajstić information content (AvgIpc) is 2.15. The van der Waals surface area contributed by atoms with Crippen molar-refractivity contribution >= 4 is 21.7 Å². The predicted octanol–water partition coefficient (Wildman–Crippen LogP) is 3.64. The normalized spacial score (nSPS) is 10.0. The van der Waals surface area contributed by atoms with Gasteiger partial charge in [-0.3, -0.25) is 4.79 Å². The quantitative estimate of drug-likeness (QED) is 0.734. The summed E-state index contributed by atoms with van der Waals surface area (Å²) in [6.45, 7) is 3.71. The van der Waals surface area contributed by atoms with E-state index in [2.05, 4.69) is 22.9 Å². The molecule has 0 aliphatic heterocycles. The van der Waals surface area contributed by atoms with E-state index in [1.165, 1.54) is 0 Å². The molecule has 0 heterocycles. The third kappa shape index (κ3) is 3.31. The Kier molecular flexibility index (Phi) is 4.16. The maximum absolute atomic E-state index is 11.5. The molecule has 0 saturated heterocycles. The van der Waals surface area contributed by atoms with Gasteiger partial charge in [-0.2, -0.15) is 0 Å². The van der Waals surface area contributed by atoms with Crippen LogP contribution in [0.1, 0.15) is 29.6 Å². The fourth-order valence-electron chi connectivity index (χ4n) is 1.07. The highest BCUT2D eigenvalue weighted by Gasteiger charge is 2.03. The molecule has 0 aromatic heterocycles. The summed E-state index contributed by atoms with van der Waals surface area (Å²) in [4.78, 5) is 11.5. The number of carbonyl (C=O) groups is 1. The molecule has 0 amide bonds. The average molecular weight is 240 g/mol. The van der Waals surface area contributed by atoms with Crippen LogP contribution >= 0.6 is 15.9 Å². The van der Waals surface area contributed by atoms with Gasteiger partial charge >= 0.3 is 0 Å². The summed E-state index contributed by atoms with van der Waals surface area (Å²) in [6, 6.07) is 7.46. The van der Waals surface area contributed by atoms with Gasteiger partial charge in [0, 0.05) is 16.5 Å². The summed E-state index contributed by atoms with van der Waals surface area (Å²) in [5.41, 5.74) is 0.789. The summed E-state index contributed by atoms with van der Waals surface area (Å²) < 4.78 is 1.00. The van der Waals surface area contributed by atoms with Crippen LogP contribution in [0.5, 0.6) is 0 Å². The largest absolute Gasteiger partial charge is 0.294 e. The number of ketones is 1. The molecule has 1 aromatic rings. The highest BCUT2D eigenvalue weighted by atomic mass is 79.9. The van der Waals surface area contributed by atoms with Gasteiger partial charge in [0.1, 0.15) is 0 Å². The van der Waals surface area contributed by atoms with E-state index < -0.39 is 0 Å². The second kappa shape index (κ2) is 5.18. The lowest BCUT2D eigenvalue weighted by molar-refractivity contribution is 0.0980. The van der Waals surface area contributed by atoms with Gasteiger partial charge in [-0.05, 0) is 18.6 Å². The summed E-state index contributed by atoms with van der Waals surface area (Å²) in [5.74, 6) is 0.205. The molecule has 69 valence electrons. The molecule has 1 rings (SSSR count). The Morgan fingerprint density at radius 3 is 2.46 bits per heavy atom. The van der Waals surface area contributed by atoms with Crippen molar-refractivity contribution in [3.63, 3.8) is 0 Å². The second-order valence-electron chi connectivity index (χ2n) is 2.89. The van der Waals surface area contributed by atoms with Crippen LogP contribution in [0.15, 0.2) is 28.7 Å². The van der Waals surface area contributed by atoms with Crippen molar-refractivity contribution in [3.05, 3.63) is 41.2 Å². The second-order valence-corrected chi connectivity index (χ2v) is 3.80. The van der Waals surface area contributed by atoms with E-state index in [0.717, 1.165) is 22.9 Å². The van der Waals surface area contributed by atoms with Crippen molar-refractivity contribution in [2.24, 2.45) is 0 Å². The minimum atomic E-state index is 0.205. The van der Waals surface area contributed by atoms with Crippen LogP contribution < -0.4 is 0 Å². The third-order valence-electron chi connectivity index (χ3n) is 1.82. The Balaban J connectivity index is 2.61. The minimum absolute atomic E-state index is 0.205. The zero-order valence-electron chi connectivity index (χ0n) is 7.42. The van der Waals surface area contributed by atoms with Crippen molar-refractivity contribution in [3.8, 4) is 0 Å². The summed E-state index contributed by atoms with van der Waals surface area (Å²) in [7, 11) is 0. The number of benzene rings is 1. The molecule has 0 aliphatic rings. The van der Waals surface area contributed by atoms with Crippen molar-refractivity contribution < 1.29 is 4.79 Å². The van der Waals surface area contributed by atoms with Crippen LogP contribution in [0.3, 0.4) is 0 Å². The molecule has 0 N–H and O–H groups in total. The molecule has 0 bridgehead atoms. The molecular weight excluding hydrogens is 228 g/mol. The first kappa shape index (κ1) is 10.5. The van der Waals surface area contributed by atoms with Gasteiger partial charge in [-0.25, -0.2) is 0 Å². The number of rotatable bonds is 4. The molecular formula is C11H12BrO. The third-order valence-corrected chi connectivity index (χ3v) is 2.35. The SMILES string of the molecule is [CH2]CCCC(=O)c1ccc(Br)cc1. The Morgan fingerprint density at radius 1 is 1.31 bits per heavy atom. The highest BCUT2D eigenvalue weighted by molar-refractivity contribution is 9.10. The fraction of sp³-hybridized carbons (Fsp3) is 0.273. The van der Waals surface area contributed by atoms with E-state index in [1.54, 1.807) is 0 Å². The lowest BCUT2D eigenvalue weighted by atomic mass is 10.1. The van der Waals surface area contributed by atoms with Crippen LogP contribution in [0, 0.1) is 6.92 Å². The first-order valence-electron chi connectivity index (χ1n) is 4.32. The molecule has 0 fully saturated rings. The lowest BCUT2D eigenvalue weighted by Crippen LogP contribution is -1.97. The monoisotopic (exact) mass is 239 g/mol. The molecule has 0 unspecified atom stereocenters. The van der Waals surface area contributed by atoms with E-state index in [9.17, 15) is 4.79 Å². The first-order chi connectivity index (χ1) is 6.24. The van der Waals surface area contributed by atoms with E-state index in [4.69, 9.17) is 0 Å². The van der Waals surface area contributed by atoms with Crippen LogP contribution in [-0.4, -0.2) is 5.78 Å².